The summed E-state index contributed by atoms with van der Waals surface area (Å²) >= 11 is 6.62. The molecular weight excluding hydrogens is 788 g/mol. The second kappa shape index (κ2) is 17.0. The van der Waals surface area contributed by atoms with Crippen molar-refractivity contribution in [3.63, 3.8) is 0 Å². The molecule has 3 aliphatic heterocycles. The van der Waals surface area contributed by atoms with Crippen molar-refractivity contribution in [1.29, 1.82) is 0 Å². The van der Waals surface area contributed by atoms with Crippen LogP contribution in [0.3, 0.4) is 0 Å². The van der Waals surface area contributed by atoms with Crippen LogP contribution in [0.5, 0.6) is 5.75 Å². The van der Waals surface area contributed by atoms with E-state index >= 15 is 0 Å². The Bertz CT molecular complexity index is 2510. The molecule has 4 aromatic heterocycles. The normalized spacial score (nSPS) is 20.2. The summed E-state index contributed by atoms with van der Waals surface area (Å²) in [5, 5.41) is 15.0. The van der Waals surface area contributed by atoms with Gasteiger partial charge in [0.05, 0.1) is 40.9 Å². The molecule has 0 aliphatic carbocycles. The molecule has 3 N–H and O–H groups in total. The van der Waals surface area contributed by atoms with Gasteiger partial charge in [-0.05, 0) is 56.7 Å². The fraction of sp³-hybridized carbons (Fsp3) is 0.476. The zero-order valence-electron chi connectivity index (χ0n) is 34.6. The molecule has 0 radical (unpaired) electrons. The minimum Gasteiger partial charge on any atom is -0.478 e. The van der Waals surface area contributed by atoms with Crippen LogP contribution in [0.1, 0.15) is 57.7 Å². The van der Waals surface area contributed by atoms with E-state index in [0.717, 1.165) is 74.5 Å². The first kappa shape index (κ1) is 40.9. The number of nitrogens with zero attached hydrogens (tertiary/aromatic N) is 9. The van der Waals surface area contributed by atoms with E-state index in [1.54, 1.807) is 23.0 Å². The number of piperidine rings is 2. The van der Waals surface area contributed by atoms with Crippen molar-refractivity contribution in [2.24, 2.45) is 18.9 Å². The number of para-hydroxylation sites is 1. The number of carbonyl (C=O) groups is 3. The summed E-state index contributed by atoms with van der Waals surface area (Å²) in [6.45, 7) is 12.1. The van der Waals surface area contributed by atoms with Crippen molar-refractivity contribution in [2.45, 2.75) is 52.0 Å². The zero-order chi connectivity index (χ0) is 42.2. The van der Waals surface area contributed by atoms with E-state index in [4.69, 9.17) is 26.4 Å². The third kappa shape index (κ3) is 8.19. The Kier molecular flexibility index (Phi) is 11.6. The molecule has 3 atom stereocenters. The lowest BCUT2D eigenvalue weighted by atomic mass is 9.86. The van der Waals surface area contributed by atoms with Crippen LogP contribution >= 0.6 is 11.6 Å². The maximum Gasteiger partial charge on any atom is 0.294 e. The SMILES string of the molecule is CNC(=O)COc1cc2cc(Nc3nc(N4CCC(CN5CCN(c6cccc7c(C8CCC(=O)NC8=O)nn(C)c67)CC5)C(C)C4)ncc3Cl)cnc2n(C(C)C)c1=O. The quantitative estimate of drug-likeness (QED) is 0.163. The summed E-state index contributed by atoms with van der Waals surface area (Å²) < 4.78 is 9.03. The molecule has 5 aromatic rings. The number of nitrogens with one attached hydrogen (secondary N) is 3. The van der Waals surface area contributed by atoms with Gasteiger partial charge < -0.3 is 25.2 Å². The van der Waals surface area contributed by atoms with E-state index in [-0.39, 0.29) is 41.7 Å². The van der Waals surface area contributed by atoms with Crippen LogP contribution < -0.4 is 36.0 Å². The second-order valence-corrected chi connectivity index (χ2v) is 16.7. The average molecular weight is 839 g/mol. The number of hydrogen-bond donors (Lipinski definition) is 3. The van der Waals surface area contributed by atoms with Gasteiger partial charge in [0, 0.05) is 83.1 Å². The highest BCUT2D eigenvalue weighted by atomic mass is 35.5. The number of halogens is 1. The fourth-order valence-corrected chi connectivity index (χ4v) is 8.90. The topological polar surface area (TPSA) is 185 Å². The molecule has 0 saturated carbocycles. The standard InChI is InChI=1S/C42H51ClN12O5/c1-24(2)55-39-27(18-33(41(55)59)60-23-35(57)44-4)17-28(19-45-39)47-38-31(43)20-46-42(49-38)54-12-11-26(25(3)21-54)22-52-13-15-53(16-14-52)32-8-6-7-29-36(50-51(5)37(29)32)30-9-10-34(56)48-40(30)58/h6-8,17-20,24-26,30H,9-16,21-23H2,1-5H3,(H,44,57)(H,46,47,49)(H,48,56,58). The molecule has 316 valence electrons. The van der Waals surface area contributed by atoms with Gasteiger partial charge in [-0.15, -0.1) is 0 Å². The van der Waals surface area contributed by atoms with Crippen LogP contribution in [0.2, 0.25) is 5.02 Å². The van der Waals surface area contributed by atoms with Crippen LogP contribution in [-0.2, 0) is 21.4 Å². The Morgan fingerprint density at radius 1 is 1.03 bits per heavy atom. The zero-order valence-corrected chi connectivity index (χ0v) is 35.3. The van der Waals surface area contributed by atoms with Gasteiger partial charge in [-0.2, -0.15) is 10.1 Å². The summed E-state index contributed by atoms with van der Waals surface area (Å²) in [4.78, 5) is 70.9. The van der Waals surface area contributed by atoms with Crippen molar-refractivity contribution in [3.05, 3.63) is 63.8 Å². The smallest absolute Gasteiger partial charge is 0.294 e. The van der Waals surface area contributed by atoms with Gasteiger partial charge in [0.15, 0.2) is 18.2 Å². The summed E-state index contributed by atoms with van der Waals surface area (Å²) in [6, 6.07) is 9.45. The second-order valence-electron chi connectivity index (χ2n) is 16.3. The molecule has 0 spiro atoms. The van der Waals surface area contributed by atoms with Gasteiger partial charge in [-0.3, -0.25) is 38.6 Å². The first-order valence-electron chi connectivity index (χ1n) is 20.6. The number of benzene rings is 1. The van der Waals surface area contributed by atoms with Crippen LogP contribution in [0.25, 0.3) is 21.9 Å². The minimum atomic E-state index is -0.432. The van der Waals surface area contributed by atoms with E-state index in [2.05, 4.69) is 53.6 Å². The molecule has 18 heteroatoms. The predicted molar refractivity (Wildman–Crippen MR) is 230 cm³/mol. The number of rotatable bonds is 11. The van der Waals surface area contributed by atoms with E-state index in [1.807, 2.05) is 43.8 Å². The van der Waals surface area contributed by atoms with Crippen LogP contribution in [0.15, 0.2) is 47.5 Å². The molecule has 0 bridgehead atoms. The molecule has 3 unspecified atom stereocenters. The Morgan fingerprint density at radius 3 is 2.57 bits per heavy atom. The number of carbonyl (C=O) groups excluding carboxylic acids is 3. The molecule has 8 rings (SSSR count). The lowest BCUT2D eigenvalue weighted by Crippen LogP contribution is -2.50. The van der Waals surface area contributed by atoms with E-state index in [0.29, 0.717) is 58.2 Å². The summed E-state index contributed by atoms with van der Waals surface area (Å²) in [5.74, 6) is 0.751. The number of aromatic nitrogens is 6. The number of anilines is 4. The Morgan fingerprint density at radius 2 is 1.83 bits per heavy atom. The maximum absolute atomic E-state index is 13.2. The van der Waals surface area contributed by atoms with Crippen molar-refractivity contribution in [2.75, 3.05) is 74.6 Å². The highest BCUT2D eigenvalue weighted by Gasteiger charge is 2.34. The molecule has 3 fully saturated rings. The summed E-state index contributed by atoms with van der Waals surface area (Å²) in [6.07, 6.45) is 5.04. The van der Waals surface area contributed by atoms with Gasteiger partial charge in [0.25, 0.3) is 11.5 Å². The molecule has 3 amide bonds. The summed E-state index contributed by atoms with van der Waals surface area (Å²) in [7, 11) is 3.44. The molecule has 17 nitrogen and oxygen atoms in total. The van der Waals surface area contributed by atoms with Gasteiger partial charge in [-0.1, -0.05) is 30.7 Å². The number of fused-ring (bicyclic) bond motifs is 2. The molecule has 3 aliphatic rings. The number of imide groups is 1. The first-order chi connectivity index (χ1) is 28.9. The monoisotopic (exact) mass is 838 g/mol. The number of piperazine rings is 1. The van der Waals surface area contributed by atoms with Crippen LogP contribution in [0.4, 0.5) is 23.1 Å². The molecular formula is C42H51ClN12O5. The molecule has 1 aromatic carbocycles. The molecule has 7 heterocycles. The Balaban J connectivity index is 0.895. The van der Waals surface area contributed by atoms with Gasteiger partial charge in [0.2, 0.25) is 17.8 Å². The number of likely N-dealkylation sites (N-methyl/N-ethyl adjacent to an activating group) is 1. The Labute approximate surface area is 352 Å². The number of pyridine rings is 2. The average Bonchev–Trinajstić information content (AvgIpc) is 3.57. The van der Waals surface area contributed by atoms with Crippen molar-refractivity contribution in [1.82, 2.24) is 44.8 Å². The minimum absolute atomic E-state index is 0.0583. The highest BCUT2D eigenvalue weighted by molar-refractivity contribution is 6.33. The maximum atomic E-state index is 13.2. The van der Waals surface area contributed by atoms with Crippen molar-refractivity contribution >= 4 is 74.4 Å². The van der Waals surface area contributed by atoms with Gasteiger partial charge in [-0.25, -0.2) is 9.97 Å². The molecule has 3 saturated heterocycles. The van der Waals surface area contributed by atoms with Gasteiger partial charge in [0.1, 0.15) is 10.7 Å². The fourth-order valence-electron chi connectivity index (χ4n) is 8.76. The highest BCUT2D eigenvalue weighted by Crippen LogP contribution is 2.36. The number of amides is 3. The largest absolute Gasteiger partial charge is 0.478 e. The lowest BCUT2D eigenvalue weighted by Gasteiger charge is -2.42. The van der Waals surface area contributed by atoms with E-state index in [9.17, 15) is 19.2 Å². The van der Waals surface area contributed by atoms with Crippen LogP contribution in [0, 0.1) is 11.8 Å². The van der Waals surface area contributed by atoms with E-state index in [1.165, 1.54) is 7.05 Å². The number of ether oxygens (including phenoxy) is 1. The third-order valence-corrected chi connectivity index (χ3v) is 12.3. The number of aryl methyl sites for hydroxylation is 1. The van der Waals surface area contributed by atoms with Gasteiger partial charge >= 0.3 is 0 Å². The first-order valence-corrected chi connectivity index (χ1v) is 21.0. The van der Waals surface area contributed by atoms with E-state index < -0.39 is 5.92 Å². The third-order valence-electron chi connectivity index (χ3n) is 12.0. The lowest BCUT2D eigenvalue weighted by molar-refractivity contribution is -0.134. The number of hydrogen-bond acceptors (Lipinski definition) is 13. The Hall–Kier alpha value is -5.81. The van der Waals surface area contributed by atoms with Crippen LogP contribution in [-0.4, -0.2) is 111 Å². The summed E-state index contributed by atoms with van der Waals surface area (Å²) in [5.41, 5.74) is 3.61. The van der Waals surface area contributed by atoms with Crippen molar-refractivity contribution in [3.8, 4) is 5.75 Å². The predicted octanol–water partition coefficient (Wildman–Crippen LogP) is 3.98. The van der Waals surface area contributed by atoms with Crippen molar-refractivity contribution < 1.29 is 19.1 Å². The molecule has 60 heavy (non-hydrogen) atoms.